The Morgan fingerprint density at radius 1 is 1.12 bits per heavy atom. The Bertz CT molecular complexity index is 817. The first kappa shape index (κ1) is 15.9. The minimum atomic E-state index is 0.0146. The maximum absolute atomic E-state index is 12.8. The van der Waals surface area contributed by atoms with Crippen molar-refractivity contribution in [3.63, 3.8) is 0 Å². The van der Waals surface area contributed by atoms with Crippen molar-refractivity contribution < 1.29 is 9.59 Å². The highest BCUT2D eigenvalue weighted by Gasteiger charge is 2.30. The largest absolute Gasteiger partial charge is 0.330 e. The van der Waals surface area contributed by atoms with Crippen molar-refractivity contribution in [2.24, 2.45) is 0 Å². The highest BCUT2D eigenvalue weighted by atomic mass is 16.2. The maximum atomic E-state index is 12.8. The highest BCUT2D eigenvalue weighted by Crippen LogP contribution is 2.31. The Labute approximate surface area is 141 Å². The summed E-state index contributed by atoms with van der Waals surface area (Å²) in [7, 11) is 0. The summed E-state index contributed by atoms with van der Waals surface area (Å²) in [6.07, 6.45) is 0.805. The zero-order valence-corrected chi connectivity index (χ0v) is 13.7. The van der Waals surface area contributed by atoms with Crippen LogP contribution < -0.4 is 0 Å². The van der Waals surface area contributed by atoms with Crippen molar-refractivity contribution in [2.45, 2.75) is 13.5 Å². The summed E-state index contributed by atoms with van der Waals surface area (Å²) in [5, 5.41) is 0. The Kier molecular flexibility index (Phi) is 4.43. The molecule has 0 fully saturated rings. The number of aldehydes is 1. The molecule has 0 N–H and O–H groups in total. The smallest absolute Gasteiger partial charge is 0.255 e. The van der Waals surface area contributed by atoms with Crippen molar-refractivity contribution in [3.8, 4) is 0 Å². The van der Waals surface area contributed by atoms with E-state index in [4.69, 9.17) is 0 Å². The number of nitrogens with zero attached hydrogens (tertiary/aromatic N) is 1. The predicted octanol–water partition coefficient (Wildman–Crippen LogP) is 3.87. The molecule has 0 aliphatic carbocycles. The monoisotopic (exact) mass is 317 g/mol. The average molecular weight is 317 g/mol. The van der Waals surface area contributed by atoms with E-state index >= 15 is 0 Å². The molecule has 1 aliphatic rings. The van der Waals surface area contributed by atoms with Crippen LogP contribution in [0.25, 0.3) is 5.57 Å². The molecule has 2 aromatic carbocycles. The number of amides is 1. The lowest BCUT2D eigenvalue weighted by Crippen LogP contribution is -2.26. The van der Waals surface area contributed by atoms with E-state index in [1.165, 1.54) is 0 Å². The van der Waals surface area contributed by atoms with E-state index in [0.717, 1.165) is 23.0 Å². The second-order valence-electron chi connectivity index (χ2n) is 6.02. The molecule has 2 aromatic rings. The first-order valence-electron chi connectivity index (χ1n) is 7.88. The molecule has 120 valence electrons. The third-order valence-corrected chi connectivity index (χ3v) is 4.27. The molecule has 0 saturated heterocycles. The van der Waals surface area contributed by atoms with Gasteiger partial charge in [0, 0.05) is 24.2 Å². The van der Waals surface area contributed by atoms with Crippen LogP contribution in [-0.4, -0.2) is 23.6 Å². The molecule has 0 bridgehead atoms. The number of rotatable bonds is 5. The van der Waals surface area contributed by atoms with Gasteiger partial charge in [-0.3, -0.25) is 9.59 Å². The van der Waals surface area contributed by atoms with Gasteiger partial charge in [-0.25, -0.2) is 0 Å². The lowest BCUT2D eigenvalue weighted by molar-refractivity contribution is -0.125. The molecule has 0 atom stereocenters. The summed E-state index contributed by atoms with van der Waals surface area (Å²) in [5.74, 6) is 0.0146. The molecule has 1 heterocycles. The molecule has 1 amide bonds. The molecule has 1 aliphatic heterocycles. The van der Waals surface area contributed by atoms with Gasteiger partial charge in [0.25, 0.3) is 5.91 Å². The summed E-state index contributed by atoms with van der Waals surface area (Å²) >= 11 is 0. The van der Waals surface area contributed by atoms with Gasteiger partial charge in [0.05, 0.1) is 0 Å². The van der Waals surface area contributed by atoms with Crippen LogP contribution in [-0.2, 0) is 11.3 Å². The highest BCUT2D eigenvalue weighted by molar-refractivity contribution is 6.11. The van der Waals surface area contributed by atoms with Crippen LogP contribution in [0.15, 0.2) is 72.3 Å². The number of hydrogen-bond donors (Lipinski definition) is 0. The summed E-state index contributed by atoms with van der Waals surface area (Å²) < 4.78 is 0. The second kappa shape index (κ2) is 6.67. The van der Waals surface area contributed by atoms with Crippen molar-refractivity contribution in [2.75, 3.05) is 6.54 Å². The fourth-order valence-corrected chi connectivity index (χ4v) is 3.00. The summed E-state index contributed by atoms with van der Waals surface area (Å²) in [6.45, 7) is 7.30. The Hall–Kier alpha value is -2.94. The molecule has 0 aromatic heterocycles. The predicted molar refractivity (Wildman–Crippen MR) is 95.4 cm³/mol. The lowest BCUT2D eigenvalue weighted by Gasteiger charge is -2.17. The topological polar surface area (TPSA) is 37.4 Å². The van der Waals surface area contributed by atoms with Crippen LogP contribution >= 0.6 is 0 Å². The number of benzene rings is 2. The van der Waals surface area contributed by atoms with Crippen LogP contribution in [0, 0.1) is 0 Å². The quantitative estimate of drug-likeness (QED) is 0.785. The molecule has 24 heavy (non-hydrogen) atoms. The van der Waals surface area contributed by atoms with Gasteiger partial charge in [-0.2, -0.15) is 0 Å². The molecule has 0 radical (unpaired) electrons. The minimum Gasteiger partial charge on any atom is -0.330 e. The van der Waals surface area contributed by atoms with Crippen molar-refractivity contribution in [1.29, 1.82) is 0 Å². The molecule has 3 heteroatoms. The van der Waals surface area contributed by atoms with E-state index in [0.29, 0.717) is 29.8 Å². The third kappa shape index (κ3) is 3.06. The average Bonchev–Trinajstić information content (AvgIpc) is 2.89. The van der Waals surface area contributed by atoms with Crippen LogP contribution in [0.2, 0.25) is 0 Å². The first-order valence-corrected chi connectivity index (χ1v) is 7.88. The summed E-state index contributed by atoms with van der Waals surface area (Å²) in [6, 6.07) is 17.1. The maximum Gasteiger partial charge on any atom is 0.255 e. The third-order valence-electron chi connectivity index (χ3n) is 4.27. The van der Waals surface area contributed by atoms with Gasteiger partial charge >= 0.3 is 0 Å². The standard InChI is InChI=1S/C21H19NO2/c1-15-12-22(13-17-6-4-3-5-7-17)21(24)20(15)16(2)19-10-8-18(14-23)9-11-19/h3-11,14H,2,12-13H2,1H3. The van der Waals surface area contributed by atoms with E-state index in [1.807, 2.05) is 54.3 Å². The lowest BCUT2D eigenvalue weighted by atomic mass is 9.96. The molecule has 3 rings (SSSR count). The van der Waals surface area contributed by atoms with Crippen LogP contribution in [0.3, 0.4) is 0 Å². The Morgan fingerprint density at radius 2 is 1.79 bits per heavy atom. The summed E-state index contributed by atoms with van der Waals surface area (Å²) in [5.41, 5.74) is 5.02. The molecule has 3 nitrogen and oxygen atoms in total. The van der Waals surface area contributed by atoms with E-state index < -0.39 is 0 Å². The van der Waals surface area contributed by atoms with Crippen molar-refractivity contribution in [1.82, 2.24) is 4.90 Å². The van der Waals surface area contributed by atoms with Crippen LogP contribution in [0.5, 0.6) is 0 Å². The number of carbonyl (C=O) groups is 2. The van der Waals surface area contributed by atoms with Crippen LogP contribution in [0.4, 0.5) is 0 Å². The van der Waals surface area contributed by atoms with Gasteiger partial charge in [0.15, 0.2) is 0 Å². The van der Waals surface area contributed by atoms with E-state index in [1.54, 1.807) is 12.1 Å². The second-order valence-corrected chi connectivity index (χ2v) is 6.02. The van der Waals surface area contributed by atoms with Gasteiger partial charge < -0.3 is 4.90 Å². The Balaban J connectivity index is 1.80. The fourth-order valence-electron chi connectivity index (χ4n) is 3.00. The first-order chi connectivity index (χ1) is 11.6. The summed E-state index contributed by atoms with van der Waals surface area (Å²) in [4.78, 5) is 25.4. The molecule has 0 spiro atoms. The fraction of sp³-hybridized carbons (Fsp3) is 0.143. The number of carbonyl (C=O) groups excluding carboxylic acids is 2. The zero-order chi connectivity index (χ0) is 17.1. The zero-order valence-electron chi connectivity index (χ0n) is 13.7. The molecule has 0 unspecified atom stereocenters. The van der Waals surface area contributed by atoms with E-state index in [-0.39, 0.29) is 5.91 Å². The van der Waals surface area contributed by atoms with E-state index in [9.17, 15) is 9.59 Å². The van der Waals surface area contributed by atoms with Gasteiger partial charge in [-0.15, -0.1) is 0 Å². The van der Waals surface area contributed by atoms with E-state index in [2.05, 4.69) is 6.58 Å². The van der Waals surface area contributed by atoms with Crippen LogP contribution in [0.1, 0.15) is 28.4 Å². The molecule has 0 saturated carbocycles. The minimum absolute atomic E-state index is 0.0146. The Morgan fingerprint density at radius 3 is 2.42 bits per heavy atom. The van der Waals surface area contributed by atoms with Crippen molar-refractivity contribution in [3.05, 3.63) is 89.0 Å². The molecular weight excluding hydrogens is 298 g/mol. The van der Waals surface area contributed by atoms with Gasteiger partial charge in [-0.05, 0) is 29.2 Å². The van der Waals surface area contributed by atoms with Gasteiger partial charge in [0.2, 0.25) is 0 Å². The number of hydrogen-bond acceptors (Lipinski definition) is 2. The van der Waals surface area contributed by atoms with Crippen molar-refractivity contribution >= 4 is 17.8 Å². The normalized spacial score (nSPS) is 14.2. The molecular formula is C21H19NO2. The SMILES string of the molecule is C=C(C1=C(C)CN(Cc2ccccc2)C1=O)c1ccc(C=O)cc1. The van der Waals surface area contributed by atoms with Gasteiger partial charge in [-0.1, -0.05) is 61.2 Å². The van der Waals surface area contributed by atoms with Gasteiger partial charge in [0.1, 0.15) is 6.29 Å².